The quantitative estimate of drug-likeness (QED) is 0.875. The predicted octanol–water partition coefficient (Wildman–Crippen LogP) is 4.11. The Morgan fingerprint density at radius 1 is 1.28 bits per heavy atom. The molecule has 0 saturated heterocycles. The number of benzene rings is 2. The van der Waals surface area contributed by atoms with Crippen molar-refractivity contribution in [3.05, 3.63) is 58.4 Å². The third kappa shape index (κ3) is 2.74. The summed E-state index contributed by atoms with van der Waals surface area (Å²) < 4.78 is 13.3. The number of aryl methyl sites for hydroxylation is 1. The smallest absolute Gasteiger partial charge is 0.139 e. The first kappa shape index (κ1) is 12.7. The number of hydrogen-bond acceptors (Lipinski definition) is 2. The SMILES string of the molecule is Cc1ccc(NCc2cccc(Cl)c2O)cc1F. The summed E-state index contributed by atoms with van der Waals surface area (Å²) in [7, 11) is 0. The Morgan fingerprint density at radius 2 is 2.06 bits per heavy atom. The first-order valence-corrected chi connectivity index (χ1v) is 5.92. The standard InChI is InChI=1S/C14H13ClFNO/c1-9-5-6-11(7-13(9)16)17-8-10-3-2-4-12(15)14(10)18/h2-7,17-18H,8H2,1H3. The summed E-state index contributed by atoms with van der Waals surface area (Å²) >= 11 is 5.80. The minimum absolute atomic E-state index is 0.0549. The van der Waals surface area contributed by atoms with E-state index in [1.807, 2.05) is 0 Å². The molecule has 0 radical (unpaired) electrons. The third-order valence-electron chi connectivity index (χ3n) is 2.73. The van der Waals surface area contributed by atoms with Crippen molar-refractivity contribution >= 4 is 17.3 Å². The van der Waals surface area contributed by atoms with Gasteiger partial charge in [-0.1, -0.05) is 29.8 Å². The van der Waals surface area contributed by atoms with E-state index in [9.17, 15) is 9.50 Å². The highest BCUT2D eigenvalue weighted by Crippen LogP contribution is 2.27. The second-order valence-corrected chi connectivity index (χ2v) is 4.47. The number of phenols is 1. The van der Waals surface area contributed by atoms with Crippen LogP contribution in [-0.4, -0.2) is 5.11 Å². The van der Waals surface area contributed by atoms with Crippen LogP contribution >= 0.6 is 11.6 Å². The largest absolute Gasteiger partial charge is 0.506 e. The molecule has 0 fully saturated rings. The molecule has 0 heterocycles. The summed E-state index contributed by atoms with van der Waals surface area (Å²) in [5.41, 5.74) is 1.94. The highest BCUT2D eigenvalue weighted by atomic mass is 35.5. The summed E-state index contributed by atoms with van der Waals surface area (Å²) in [6.07, 6.45) is 0. The van der Waals surface area contributed by atoms with Crippen molar-refractivity contribution in [1.29, 1.82) is 0 Å². The molecule has 0 spiro atoms. The molecule has 2 aromatic rings. The van der Waals surface area contributed by atoms with E-state index in [0.717, 1.165) is 0 Å². The van der Waals surface area contributed by atoms with Crippen LogP contribution < -0.4 is 5.32 Å². The van der Waals surface area contributed by atoms with Crippen molar-refractivity contribution in [2.75, 3.05) is 5.32 Å². The summed E-state index contributed by atoms with van der Waals surface area (Å²) in [4.78, 5) is 0. The zero-order chi connectivity index (χ0) is 13.1. The molecule has 0 amide bonds. The van der Waals surface area contributed by atoms with Crippen molar-refractivity contribution in [3.8, 4) is 5.75 Å². The molecule has 0 aliphatic rings. The minimum Gasteiger partial charge on any atom is -0.506 e. The second-order valence-electron chi connectivity index (χ2n) is 4.07. The minimum atomic E-state index is -0.254. The van der Waals surface area contributed by atoms with E-state index in [4.69, 9.17) is 11.6 Å². The van der Waals surface area contributed by atoms with Crippen LogP contribution in [0.2, 0.25) is 5.02 Å². The van der Waals surface area contributed by atoms with Crippen LogP contribution in [0.5, 0.6) is 5.75 Å². The maximum atomic E-state index is 13.3. The Kier molecular flexibility index (Phi) is 3.72. The molecule has 0 atom stereocenters. The van der Waals surface area contributed by atoms with E-state index in [2.05, 4.69) is 5.32 Å². The van der Waals surface area contributed by atoms with E-state index >= 15 is 0 Å². The maximum absolute atomic E-state index is 13.3. The normalized spacial score (nSPS) is 10.4. The van der Waals surface area contributed by atoms with Gasteiger partial charge in [-0.25, -0.2) is 4.39 Å². The second kappa shape index (κ2) is 5.27. The van der Waals surface area contributed by atoms with Gasteiger partial charge in [-0.15, -0.1) is 0 Å². The van der Waals surface area contributed by atoms with Gasteiger partial charge < -0.3 is 10.4 Å². The van der Waals surface area contributed by atoms with Gasteiger partial charge in [-0.2, -0.15) is 0 Å². The average molecular weight is 266 g/mol. The Morgan fingerprint density at radius 3 is 2.78 bits per heavy atom. The summed E-state index contributed by atoms with van der Waals surface area (Å²) in [6, 6.07) is 10.1. The number of nitrogens with one attached hydrogen (secondary N) is 1. The van der Waals surface area contributed by atoms with E-state index < -0.39 is 0 Å². The molecule has 2 rings (SSSR count). The van der Waals surface area contributed by atoms with Gasteiger partial charge in [0, 0.05) is 17.8 Å². The van der Waals surface area contributed by atoms with Crippen LogP contribution in [0.15, 0.2) is 36.4 Å². The molecule has 0 bridgehead atoms. The fourth-order valence-electron chi connectivity index (χ4n) is 1.60. The molecule has 94 valence electrons. The molecule has 0 unspecified atom stereocenters. The zero-order valence-corrected chi connectivity index (χ0v) is 10.6. The fraction of sp³-hybridized carbons (Fsp3) is 0.143. The van der Waals surface area contributed by atoms with Crippen molar-refractivity contribution in [2.24, 2.45) is 0 Å². The number of phenolic OH excluding ortho intramolecular Hbond substituents is 1. The molecule has 0 aliphatic heterocycles. The number of aromatic hydroxyl groups is 1. The first-order chi connectivity index (χ1) is 8.58. The fourth-order valence-corrected chi connectivity index (χ4v) is 1.80. The van der Waals surface area contributed by atoms with E-state index in [1.54, 1.807) is 37.3 Å². The summed E-state index contributed by atoms with van der Waals surface area (Å²) in [5.74, 6) is -0.199. The molecule has 0 saturated carbocycles. The van der Waals surface area contributed by atoms with Crippen LogP contribution in [0.1, 0.15) is 11.1 Å². The van der Waals surface area contributed by atoms with Gasteiger partial charge in [0.05, 0.1) is 5.02 Å². The molecule has 0 aliphatic carbocycles. The lowest BCUT2D eigenvalue weighted by atomic mass is 10.2. The number of hydrogen-bond donors (Lipinski definition) is 2. The van der Waals surface area contributed by atoms with Crippen LogP contribution in [-0.2, 0) is 6.54 Å². The number of rotatable bonds is 3. The average Bonchev–Trinajstić information content (AvgIpc) is 2.35. The van der Waals surface area contributed by atoms with E-state index in [-0.39, 0.29) is 11.6 Å². The lowest BCUT2D eigenvalue weighted by Crippen LogP contribution is -2.00. The van der Waals surface area contributed by atoms with Crippen molar-refractivity contribution in [3.63, 3.8) is 0 Å². The van der Waals surface area contributed by atoms with E-state index in [1.165, 1.54) is 6.07 Å². The maximum Gasteiger partial charge on any atom is 0.139 e. The lowest BCUT2D eigenvalue weighted by Gasteiger charge is -2.09. The molecule has 4 heteroatoms. The Bertz CT molecular complexity index is 572. The van der Waals surface area contributed by atoms with Gasteiger partial charge in [-0.05, 0) is 30.7 Å². The van der Waals surface area contributed by atoms with Gasteiger partial charge in [0.2, 0.25) is 0 Å². The third-order valence-corrected chi connectivity index (χ3v) is 3.03. The molecule has 2 aromatic carbocycles. The molecule has 2 N–H and O–H groups in total. The molecule has 18 heavy (non-hydrogen) atoms. The van der Waals surface area contributed by atoms with Gasteiger partial charge in [0.1, 0.15) is 11.6 Å². The highest BCUT2D eigenvalue weighted by Gasteiger charge is 2.05. The molecule has 0 aromatic heterocycles. The number of anilines is 1. The monoisotopic (exact) mass is 265 g/mol. The molecular formula is C14H13ClFNO. The van der Waals surface area contributed by atoms with Crippen LogP contribution in [0, 0.1) is 12.7 Å². The summed E-state index contributed by atoms with van der Waals surface area (Å²) in [6.45, 7) is 2.09. The highest BCUT2D eigenvalue weighted by molar-refractivity contribution is 6.32. The van der Waals surface area contributed by atoms with Crippen LogP contribution in [0.3, 0.4) is 0 Å². The Balaban J connectivity index is 2.11. The van der Waals surface area contributed by atoms with Crippen molar-refractivity contribution in [2.45, 2.75) is 13.5 Å². The van der Waals surface area contributed by atoms with Gasteiger partial charge in [0.15, 0.2) is 0 Å². The van der Waals surface area contributed by atoms with E-state index in [0.29, 0.717) is 28.4 Å². The van der Waals surface area contributed by atoms with Gasteiger partial charge >= 0.3 is 0 Å². The Labute approximate surface area is 110 Å². The van der Waals surface area contributed by atoms with Crippen LogP contribution in [0.25, 0.3) is 0 Å². The van der Waals surface area contributed by atoms with Crippen LogP contribution in [0.4, 0.5) is 10.1 Å². The van der Waals surface area contributed by atoms with Gasteiger partial charge in [-0.3, -0.25) is 0 Å². The molecule has 2 nitrogen and oxygen atoms in total. The van der Waals surface area contributed by atoms with Crippen molar-refractivity contribution in [1.82, 2.24) is 0 Å². The van der Waals surface area contributed by atoms with Gasteiger partial charge in [0.25, 0.3) is 0 Å². The molecular weight excluding hydrogens is 253 g/mol. The topological polar surface area (TPSA) is 32.3 Å². The number of para-hydroxylation sites is 1. The summed E-state index contributed by atoms with van der Waals surface area (Å²) in [5, 5.41) is 13.1. The first-order valence-electron chi connectivity index (χ1n) is 5.54. The lowest BCUT2D eigenvalue weighted by molar-refractivity contribution is 0.469. The zero-order valence-electron chi connectivity index (χ0n) is 9.87. The predicted molar refractivity (Wildman–Crippen MR) is 71.6 cm³/mol. The Hall–Kier alpha value is -1.74. The van der Waals surface area contributed by atoms with Crippen molar-refractivity contribution < 1.29 is 9.50 Å². The number of halogens is 2.